The van der Waals surface area contributed by atoms with Crippen LogP contribution in [-0.4, -0.2) is 43.7 Å². The number of rotatable bonds is 3. The summed E-state index contributed by atoms with van der Waals surface area (Å²) >= 11 is 0. The zero-order chi connectivity index (χ0) is 15.5. The van der Waals surface area contributed by atoms with Crippen molar-refractivity contribution in [3.63, 3.8) is 0 Å². The third-order valence-electron chi connectivity index (χ3n) is 3.85. The molecule has 0 aliphatic carbocycles. The van der Waals surface area contributed by atoms with E-state index in [2.05, 4.69) is 61.1 Å². The number of anilines is 1. The van der Waals surface area contributed by atoms with Gasteiger partial charge in [-0.2, -0.15) is 5.26 Å². The normalized spacial score (nSPS) is 16.8. The molecule has 0 spiro atoms. The number of hydrogen-bond donors (Lipinski definition) is 1. The Bertz CT molecular complexity index is 517. The maximum atomic E-state index is 9.45. The van der Waals surface area contributed by atoms with Gasteiger partial charge < -0.3 is 15.1 Å². The van der Waals surface area contributed by atoms with E-state index in [4.69, 9.17) is 0 Å². The molecule has 1 aromatic carbocycles. The van der Waals surface area contributed by atoms with Gasteiger partial charge in [-0.05, 0) is 45.5 Å². The number of nitrogens with zero attached hydrogens (tertiary/aromatic N) is 3. The first-order valence-electron chi connectivity index (χ1n) is 7.60. The van der Waals surface area contributed by atoms with E-state index in [1.54, 1.807) is 0 Å². The van der Waals surface area contributed by atoms with Crippen molar-refractivity contribution in [1.29, 1.82) is 5.26 Å². The molecule has 1 saturated heterocycles. The smallest absolute Gasteiger partial charge is 0.101 e. The molecule has 0 saturated carbocycles. The van der Waals surface area contributed by atoms with Gasteiger partial charge in [0.05, 0.1) is 11.3 Å². The Morgan fingerprint density at radius 1 is 1.19 bits per heavy atom. The van der Waals surface area contributed by atoms with Gasteiger partial charge >= 0.3 is 0 Å². The second-order valence-electron chi connectivity index (χ2n) is 6.86. The third kappa shape index (κ3) is 4.45. The van der Waals surface area contributed by atoms with E-state index in [1.807, 2.05) is 6.07 Å². The Morgan fingerprint density at radius 3 is 2.43 bits per heavy atom. The maximum Gasteiger partial charge on any atom is 0.101 e. The van der Waals surface area contributed by atoms with Crippen LogP contribution in [0, 0.1) is 11.3 Å². The van der Waals surface area contributed by atoms with Crippen LogP contribution in [0.5, 0.6) is 0 Å². The summed E-state index contributed by atoms with van der Waals surface area (Å²) < 4.78 is 0. The quantitative estimate of drug-likeness (QED) is 0.925. The lowest BCUT2D eigenvalue weighted by Crippen LogP contribution is -2.44. The predicted molar refractivity (Wildman–Crippen MR) is 87.5 cm³/mol. The summed E-state index contributed by atoms with van der Waals surface area (Å²) in [5.74, 6) is 0. The van der Waals surface area contributed by atoms with Crippen LogP contribution in [0.15, 0.2) is 18.2 Å². The molecule has 0 radical (unpaired) electrons. The van der Waals surface area contributed by atoms with Crippen molar-refractivity contribution in [2.24, 2.45) is 0 Å². The zero-order valence-corrected chi connectivity index (χ0v) is 13.6. The molecule has 1 heterocycles. The van der Waals surface area contributed by atoms with E-state index >= 15 is 0 Å². The van der Waals surface area contributed by atoms with E-state index in [0.29, 0.717) is 0 Å². The number of likely N-dealkylation sites (N-methyl/N-ethyl adjacent to an activating group) is 1. The topological polar surface area (TPSA) is 42.3 Å². The van der Waals surface area contributed by atoms with Crippen molar-refractivity contribution in [2.45, 2.75) is 32.9 Å². The second kappa shape index (κ2) is 6.46. The van der Waals surface area contributed by atoms with E-state index < -0.39 is 0 Å². The Labute approximate surface area is 128 Å². The summed E-state index contributed by atoms with van der Waals surface area (Å²) in [4.78, 5) is 4.64. The van der Waals surface area contributed by atoms with Crippen LogP contribution in [0.3, 0.4) is 0 Å². The van der Waals surface area contributed by atoms with Gasteiger partial charge in [0, 0.05) is 38.3 Å². The van der Waals surface area contributed by atoms with E-state index in [-0.39, 0.29) is 5.54 Å². The molecule has 1 aliphatic heterocycles. The van der Waals surface area contributed by atoms with Crippen molar-refractivity contribution < 1.29 is 0 Å². The molecule has 2 rings (SSSR count). The molecule has 0 bridgehead atoms. The third-order valence-corrected chi connectivity index (χ3v) is 3.85. The molecule has 0 atom stereocenters. The molecule has 1 aromatic rings. The van der Waals surface area contributed by atoms with Crippen LogP contribution < -0.4 is 10.2 Å². The Kier molecular flexibility index (Phi) is 4.87. The van der Waals surface area contributed by atoms with E-state index in [0.717, 1.165) is 44.0 Å². The van der Waals surface area contributed by atoms with Crippen molar-refractivity contribution >= 4 is 5.69 Å². The lowest BCUT2D eigenvalue weighted by atomic mass is 10.1. The van der Waals surface area contributed by atoms with E-state index in [9.17, 15) is 5.26 Å². The summed E-state index contributed by atoms with van der Waals surface area (Å²) in [5.41, 5.74) is 3.11. The highest BCUT2D eigenvalue weighted by Gasteiger charge is 2.17. The number of nitrogens with one attached hydrogen (secondary N) is 1. The summed E-state index contributed by atoms with van der Waals surface area (Å²) in [6, 6.07) is 8.61. The van der Waals surface area contributed by atoms with Crippen LogP contribution >= 0.6 is 0 Å². The van der Waals surface area contributed by atoms with Crippen LogP contribution in [-0.2, 0) is 6.54 Å². The fourth-order valence-electron chi connectivity index (χ4n) is 2.47. The largest absolute Gasteiger partial charge is 0.368 e. The lowest BCUT2D eigenvalue weighted by Gasteiger charge is -2.34. The van der Waals surface area contributed by atoms with Crippen molar-refractivity contribution in [1.82, 2.24) is 10.2 Å². The Balaban J connectivity index is 2.12. The van der Waals surface area contributed by atoms with Gasteiger partial charge in [-0.15, -0.1) is 0 Å². The highest BCUT2D eigenvalue weighted by Crippen LogP contribution is 2.23. The first-order valence-corrected chi connectivity index (χ1v) is 7.60. The molecular weight excluding hydrogens is 260 g/mol. The molecular formula is C17H26N4. The summed E-state index contributed by atoms with van der Waals surface area (Å²) in [7, 11) is 2.14. The zero-order valence-electron chi connectivity index (χ0n) is 13.6. The SMILES string of the molecule is CN1CCN(c2ccc(CNC(C)(C)C)cc2C#N)CC1. The Hall–Kier alpha value is -1.57. The molecule has 1 aliphatic rings. The lowest BCUT2D eigenvalue weighted by molar-refractivity contribution is 0.313. The number of hydrogen-bond acceptors (Lipinski definition) is 4. The van der Waals surface area contributed by atoms with Crippen molar-refractivity contribution in [2.75, 3.05) is 38.1 Å². The van der Waals surface area contributed by atoms with Gasteiger partial charge in [-0.25, -0.2) is 0 Å². The van der Waals surface area contributed by atoms with Gasteiger partial charge in [0.15, 0.2) is 0 Å². The van der Waals surface area contributed by atoms with Crippen molar-refractivity contribution in [3.8, 4) is 6.07 Å². The molecule has 0 unspecified atom stereocenters. The Morgan fingerprint density at radius 2 is 1.86 bits per heavy atom. The maximum absolute atomic E-state index is 9.45. The minimum Gasteiger partial charge on any atom is -0.368 e. The molecule has 0 amide bonds. The van der Waals surface area contributed by atoms with E-state index in [1.165, 1.54) is 5.56 Å². The van der Waals surface area contributed by atoms with Crippen LogP contribution in [0.1, 0.15) is 31.9 Å². The van der Waals surface area contributed by atoms with Gasteiger partial charge in [-0.1, -0.05) is 6.07 Å². The average molecular weight is 286 g/mol. The highest BCUT2D eigenvalue weighted by molar-refractivity contribution is 5.60. The first-order chi connectivity index (χ1) is 9.89. The number of nitriles is 1. The first kappa shape index (κ1) is 15.8. The molecule has 0 aromatic heterocycles. The fourth-order valence-corrected chi connectivity index (χ4v) is 2.47. The van der Waals surface area contributed by atoms with Gasteiger partial charge in [0.25, 0.3) is 0 Å². The van der Waals surface area contributed by atoms with Crippen LogP contribution in [0.2, 0.25) is 0 Å². The van der Waals surface area contributed by atoms with Gasteiger partial charge in [0.2, 0.25) is 0 Å². The van der Waals surface area contributed by atoms with Crippen LogP contribution in [0.25, 0.3) is 0 Å². The minimum atomic E-state index is 0.0862. The minimum absolute atomic E-state index is 0.0862. The second-order valence-corrected chi connectivity index (χ2v) is 6.86. The fraction of sp³-hybridized carbons (Fsp3) is 0.588. The van der Waals surface area contributed by atoms with Crippen LogP contribution in [0.4, 0.5) is 5.69 Å². The molecule has 4 heteroatoms. The molecule has 21 heavy (non-hydrogen) atoms. The summed E-state index contributed by atoms with van der Waals surface area (Å²) in [5, 5.41) is 12.9. The summed E-state index contributed by atoms with van der Waals surface area (Å²) in [6.45, 7) is 11.3. The number of piperazine rings is 1. The predicted octanol–water partition coefficient (Wildman–Crippen LogP) is 2.20. The standard InChI is InChI=1S/C17H26N4/c1-17(2,3)19-13-14-5-6-16(15(11-14)12-18)21-9-7-20(4)8-10-21/h5-6,11,19H,7-10,13H2,1-4H3. The summed E-state index contributed by atoms with van der Waals surface area (Å²) in [6.07, 6.45) is 0. The monoisotopic (exact) mass is 286 g/mol. The number of benzene rings is 1. The average Bonchev–Trinajstić information content (AvgIpc) is 2.45. The van der Waals surface area contributed by atoms with Gasteiger partial charge in [-0.3, -0.25) is 0 Å². The van der Waals surface area contributed by atoms with Gasteiger partial charge in [0.1, 0.15) is 6.07 Å². The molecule has 114 valence electrons. The van der Waals surface area contributed by atoms with Crippen molar-refractivity contribution in [3.05, 3.63) is 29.3 Å². The highest BCUT2D eigenvalue weighted by atomic mass is 15.2. The molecule has 1 fully saturated rings. The molecule has 4 nitrogen and oxygen atoms in total. The molecule has 1 N–H and O–H groups in total.